The molecule has 0 aliphatic carbocycles. The van der Waals surface area contributed by atoms with Crippen molar-refractivity contribution in [2.45, 2.75) is 65.7 Å². The Balaban J connectivity index is 0. The molecule has 8 N–H and O–H groups in total. The van der Waals surface area contributed by atoms with Gasteiger partial charge in [0.1, 0.15) is 0 Å². The maximum Gasteiger partial charge on any atom is 0.335 e. The monoisotopic (exact) mass is 1030 g/mol. The van der Waals surface area contributed by atoms with E-state index in [1.165, 1.54) is 32.7 Å². The average Bonchev–Trinajstić information content (AvgIpc) is 3.98. The van der Waals surface area contributed by atoms with Crippen molar-refractivity contribution in [2.75, 3.05) is 62.3 Å². The number of nitrogens with zero attached hydrogens (tertiary/aromatic N) is 2. The average molecular weight is 1030 g/mol. The van der Waals surface area contributed by atoms with E-state index >= 15 is 0 Å². The molecule has 4 atom stereocenters. The van der Waals surface area contributed by atoms with E-state index in [1.807, 2.05) is 36.4 Å². The smallest absolute Gasteiger partial charge is 0.335 e. The van der Waals surface area contributed by atoms with Crippen LogP contribution in [0.2, 0.25) is 0 Å². The number of aliphatic hydroxyl groups excluding tert-OH is 2. The summed E-state index contributed by atoms with van der Waals surface area (Å²) in [5.74, 6) is -1.04. The molecule has 2 aliphatic rings. The van der Waals surface area contributed by atoms with Crippen molar-refractivity contribution in [3.8, 4) is 0 Å². The highest BCUT2D eigenvalue weighted by Crippen LogP contribution is 2.29. The maximum atomic E-state index is 12.0. The molecule has 2 heterocycles. The lowest BCUT2D eigenvalue weighted by Gasteiger charge is -2.23. The zero-order valence-corrected chi connectivity index (χ0v) is 41.9. The number of rotatable bonds is 13. The van der Waals surface area contributed by atoms with Crippen molar-refractivity contribution in [3.05, 3.63) is 156 Å². The Bertz CT molecular complexity index is 2340. The summed E-state index contributed by atoms with van der Waals surface area (Å²) >= 11 is 0. The van der Waals surface area contributed by atoms with E-state index in [0.29, 0.717) is 29.8 Å². The Morgan fingerprint density at radius 2 is 0.985 bits per heavy atom. The van der Waals surface area contributed by atoms with Gasteiger partial charge in [-0.25, -0.2) is 4.79 Å². The van der Waals surface area contributed by atoms with E-state index in [2.05, 4.69) is 125 Å². The standard InChI is InChI=1S/C25H29N3O2.C23H24N2O2.C2H7NO.2CH4.3ClH.2H2S/c1-18(23-8-4-6-19-5-2-3-7-24(19)23)27-21-13-15-28(17-21)22-11-9-20(10-12-22)25(30)26-14-16-29;1-16(21-8-4-6-17-5-2-3-7-22(17)21)24-19-13-14-25(15-19)20-11-9-18(10-12-20)23(26)27;3-1-2-4;;;;;;;/h2-12,18,21,27,29H,13-17H2,1H3,(H,26,30);2-12,16,19,24H,13-15H2,1H3,(H,26,27);4H,1-3H2;2*1H4;3*1H;2*1H2/t18-,21+;16-,19+;;;;;;;;/m11......../s1. The zero-order valence-electron chi connectivity index (χ0n) is 37.4. The number of amides is 1. The Labute approximate surface area is 436 Å². The van der Waals surface area contributed by atoms with Crippen LogP contribution in [0.3, 0.4) is 0 Å². The summed E-state index contributed by atoms with van der Waals surface area (Å²) in [6.07, 6.45) is 2.17. The van der Waals surface area contributed by atoms with E-state index in [9.17, 15) is 9.59 Å². The molecule has 0 saturated carbocycles. The third-order valence-electron chi connectivity index (χ3n) is 11.4. The Kier molecular flexibility index (Phi) is 32.3. The predicted octanol–water partition coefficient (Wildman–Crippen LogP) is 9.66. The number of nitrogens with one attached hydrogen (secondary N) is 3. The molecule has 6 aromatic carbocycles. The molecule has 0 bridgehead atoms. The first-order chi connectivity index (χ1) is 29.7. The largest absolute Gasteiger partial charge is 0.478 e. The molecular formula is C52H75Cl3N6O5S2. The van der Waals surface area contributed by atoms with Gasteiger partial charge in [-0.05, 0) is 108 Å². The zero-order chi connectivity index (χ0) is 43.1. The Hall–Kier alpha value is -4.25. The Morgan fingerprint density at radius 3 is 1.37 bits per heavy atom. The summed E-state index contributed by atoms with van der Waals surface area (Å²) in [5.41, 5.74) is 10.6. The van der Waals surface area contributed by atoms with Crippen molar-refractivity contribution in [1.82, 2.24) is 16.0 Å². The molecule has 2 aliphatic heterocycles. The van der Waals surface area contributed by atoms with Crippen molar-refractivity contribution >= 4 is 109 Å². The molecule has 11 nitrogen and oxygen atoms in total. The number of carboxylic acids is 1. The van der Waals surface area contributed by atoms with Crippen LogP contribution in [0.15, 0.2) is 133 Å². The molecule has 6 aromatic rings. The topological polar surface area (TPSA) is 163 Å². The molecule has 2 fully saturated rings. The maximum absolute atomic E-state index is 12.0. The molecule has 0 radical (unpaired) electrons. The van der Waals surface area contributed by atoms with Crippen LogP contribution in [0.5, 0.6) is 0 Å². The van der Waals surface area contributed by atoms with Gasteiger partial charge in [-0.2, -0.15) is 27.0 Å². The lowest BCUT2D eigenvalue weighted by molar-refractivity contribution is 0.0696. The number of carbonyl (C=O) groups excluding carboxylic acids is 1. The fraction of sp³-hybridized carbons (Fsp3) is 0.346. The lowest BCUT2D eigenvalue weighted by atomic mass is 9.99. The van der Waals surface area contributed by atoms with Crippen LogP contribution in [0.25, 0.3) is 21.5 Å². The lowest BCUT2D eigenvalue weighted by Crippen LogP contribution is -2.34. The number of aromatic carboxylic acids is 1. The van der Waals surface area contributed by atoms with E-state index in [-0.39, 0.29) is 117 Å². The molecular weight excluding hydrogens is 959 g/mol. The molecule has 68 heavy (non-hydrogen) atoms. The number of fused-ring (bicyclic) bond motifs is 2. The van der Waals surface area contributed by atoms with Gasteiger partial charge in [0.2, 0.25) is 0 Å². The minimum atomic E-state index is -0.883. The first-order valence-electron chi connectivity index (χ1n) is 21.3. The number of nitrogens with two attached hydrogens (primary N) is 1. The second-order valence-corrected chi connectivity index (χ2v) is 15.7. The molecule has 0 unspecified atom stereocenters. The minimum absolute atomic E-state index is 0. The van der Waals surface area contributed by atoms with E-state index in [1.54, 1.807) is 12.1 Å². The number of carboxylic acid groups (broad SMARTS) is 1. The van der Waals surface area contributed by atoms with Gasteiger partial charge in [-0.15, -0.1) is 37.2 Å². The van der Waals surface area contributed by atoms with Crippen molar-refractivity contribution in [3.63, 3.8) is 0 Å². The van der Waals surface area contributed by atoms with Crippen LogP contribution >= 0.6 is 64.2 Å². The fourth-order valence-corrected chi connectivity index (χ4v) is 8.31. The van der Waals surface area contributed by atoms with Gasteiger partial charge in [0.05, 0.1) is 18.8 Å². The molecule has 0 spiro atoms. The number of anilines is 2. The van der Waals surface area contributed by atoms with Crippen LogP contribution < -0.4 is 31.5 Å². The van der Waals surface area contributed by atoms with Crippen LogP contribution in [0.4, 0.5) is 11.4 Å². The van der Waals surface area contributed by atoms with Gasteiger partial charge in [0.15, 0.2) is 0 Å². The van der Waals surface area contributed by atoms with E-state index < -0.39 is 5.97 Å². The summed E-state index contributed by atoms with van der Waals surface area (Å²) in [5, 5.41) is 41.1. The highest BCUT2D eigenvalue weighted by molar-refractivity contribution is 7.59. The van der Waals surface area contributed by atoms with E-state index in [4.69, 9.17) is 21.1 Å². The normalized spacial score (nSPS) is 15.2. The minimum Gasteiger partial charge on any atom is -0.478 e. The van der Waals surface area contributed by atoms with Crippen LogP contribution in [0.1, 0.15) is 85.5 Å². The predicted molar refractivity (Wildman–Crippen MR) is 304 cm³/mol. The van der Waals surface area contributed by atoms with Crippen molar-refractivity contribution in [2.24, 2.45) is 5.73 Å². The molecule has 1 amide bonds. The summed E-state index contributed by atoms with van der Waals surface area (Å²) in [6.45, 7) is 9.02. The molecule has 0 aromatic heterocycles. The number of benzene rings is 6. The summed E-state index contributed by atoms with van der Waals surface area (Å²) in [6, 6.07) is 46.3. The third kappa shape index (κ3) is 17.9. The molecule has 8 rings (SSSR count). The van der Waals surface area contributed by atoms with Gasteiger partial charge in [0, 0.05) is 80.4 Å². The number of aliphatic hydroxyl groups is 2. The number of hydrogen-bond acceptors (Lipinski definition) is 9. The van der Waals surface area contributed by atoms with Gasteiger partial charge < -0.3 is 46.8 Å². The van der Waals surface area contributed by atoms with Crippen LogP contribution in [-0.2, 0) is 0 Å². The van der Waals surface area contributed by atoms with Gasteiger partial charge in [0.25, 0.3) is 5.91 Å². The van der Waals surface area contributed by atoms with Gasteiger partial charge in [-0.1, -0.05) is 99.8 Å². The van der Waals surface area contributed by atoms with Crippen LogP contribution in [-0.4, -0.2) is 91.8 Å². The number of hydrogen-bond donors (Lipinski definition) is 7. The third-order valence-corrected chi connectivity index (χ3v) is 11.4. The quantitative estimate of drug-likeness (QED) is 0.0593. The summed E-state index contributed by atoms with van der Waals surface area (Å²) < 4.78 is 0. The summed E-state index contributed by atoms with van der Waals surface area (Å²) in [7, 11) is 0. The number of halogens is 3. The molecule has 2 saturated heterocycles. The van der Waals surface area contributed by atoms with Crippen molar-refractivity contribution in [1.29, 1.82) is 0 Å². The van der Waals surface area contributed by atoms with E-state index in [0.717, 1.165) is 50.4 Å². The number of carbonyl (C=O) groups is 2. The fourth-order valence-electron chi connectivity index (χ4n) is 8.31. The Morgan fingerprint density at radius 1 is 0.603 bits per heavy atom. The SMILES string of the molecule is C.C.C[C@@H](N[C@H]1CCN(c2ccc(C(=O)NCCO)cc2)C1)c1cccc2ccccc12.C[C@@H](N[C@H]1CCN(c2ccc(C(=O)O)cc2)C1)c1cccc2ccccc12.Cl.Cl.Cl.NCCO.S.S. The second-order valence-electron chi connectivity index (χ2n) is 15.7. The van der Waals surface area contributed by atoms with Crippen molar-refractivity contribution < 1.29 is 24.9 Å². The van der Waals surface area contributed by atoms with Crippen LogP contribution in [0, 0.1) is 0 Å². The highest BCUT2D eigenvalue weighted by Gasteiger charge is 2.26. The first kappa shape index (κ1) is 65.8. The summed E-state index contributed by atoms with van der Waals surface area (Å²) in [4.78, 5) is 27.7. The van der Waals surface area contributed by atoms with Gasteiger partial charge in [-0.3, -0.25) is 4.79 Å². The van der Waals surface area contributed by atoms with Gasteiger partial charge >= 0.3 is 5.97 Å². The highest BCUT2D eigenvalue weighted by atomic mass is 35.5. The molecule has 376 valence electrons. The molecule has 16 heteroatoms. The first-order valence-corrected chi connectivity index (χ1v) is 21.3. The second kappa shape index (κ2) is 33.3.